The van der Waals surface area contributed by atoms with Crippen LogP contribution in [0.1, 0.15) is 44.7 Å². The van der Waals surface area contributed by atoms with Crippen LogP contribution in [0.15, 0.2) is 48.7 Å². The summed E-state index contributed by atoms with van der Waals surface area (Å²) in [6.07, 6.45) is 3.48. The van der Waals surface area contributed by atoms with E-state index in [9.17, 15) is 9.50 Å². The lowest BCUT2D eigenvalue weighted by molar-refractivity contribution is -0.00785. The van der Waals surface area contributed by atoms with E-state index in [4.69, 9.17) is 21.1 Å². The van der Waals surface area contributed by atoms with Gasteiger partial charge in [0.2, 0.25) is 0 Å². The fraction of sp³-hybridized carbons (Fsp3) is 0.517. The van der Waals surface area contributed by atoms with Crippen molar-refractivity contribution in [1.29, 1.82) is 0 Å². The zero-order valence-electron chi connectivity index (χ0n) is 22.2. The number of hydrogen-bond acceptors (Lipinski definition) is 5. The van der Waals surface area contributed by atoms with Gasteiger partial charge in [0, 0.05) is 48.4 Å². The molecule has 1 unspecified atom stereocenters. The number of aliphatic hydroxyl groups is 1. The zero-order valence-corrected chi connectivity index (χ0v) is 23.0. The van der Waals surface area contributed by atoms with E-state index < -0.39 is 0 Å². The van der Waals surface area contributed by atoms with Gasteiger partial charge in [0.15, 0.2) is 0 Å². The second kappa shape index (κ2) is 14.8. The van der Waals surface area contributed by atoms with Crippen LogP contribution >= 0.6 is 11.6 Å². The van der Waals surface area contributed by atoms with Crippen LogP contribution < -0.4 is 10.6 Å². The Labute approximate surface area is 225 Å². The summed E-state index contributed by atoms with van der Waals surface area (Å²) in [6, 6.07) is 12.9. The Morgan fingerprint density at radius 3 is 2.54 bits per heavy atom. The summed E-state index contributed by atoms with van der Waals surface area (Å²) in [5, 5.41) is 17.8. The molecule has 0 bridgehead atoms. The van der Waals surface area contributed by atoms with Crippen molar-refractivity contribution >= 4 is 22.5 Å². The lowest BCUT2D eigenvalue weighted by Gasteiger charge is -2.23. The second-order valence-electron chi connectivity index (χ2n) is 10.3. The van der Waals surface area contributed by atoms with Crippen LogP contribution in [-0.2, 0) is 22.6 Å². The minimum absolute atomic E-state index is 0.0176. The predicted molar refractivity (Wildman–Crippen MR) is 149 cm³/mol. The lowest BCUT2D eigenvalue weighted by atomic mass is 10.1. The van der Waals surface area contributed by atoms with Gasteiger partial charge in [0.05, 0.1) is 31.4 Å². The highest BCUT2D eigenvalue weighted by atomic mass is 35.5. The first-order chi connectivity index (χ1) is 17.7. The first kappa shape index (κ1) is 29.6. The number of halogens is 2. The van der Waals surface area contributed by atoms with Crippen molar-refractivity contribution in [1.82, 2.24) is 15.2 Å². The molecule has 6 nitrogen and oxygen atoms in total. The number of rotatable bonds is 16. The van der Waals surface area contributed by atoms with E-state index in [0.29, 0.717) is 50.9 Å². The molecule has 0 aliphatic heterocycles. The van der Waals surface area contributed by atoms with E-state index in [-0.39, 0.29) is 24.1 Å². The number of ether oxygens (including phenoxy) is 2. The number of aliphatic hydroxyl groups excluding tert-OH is 1. The quantitative estimate of drug-likeness (QED) is 0.223. The van der Waals surface area contributed by atoms with Gasteiger partial charge in [-0.2, -0.15) is 0 Å². The lowest BCUT2D eigenvalue weighted by Crippen LogP contribution is -2.38. The highest BCUT2D eigenvalue weighted by molar-refractivity contribution is 6.30. The molecule has 0 aliphatic rings. The van der Waals surface area contributed by atoms with Gasteiger partial charge in [-0.15, -0.1) is 0 Å². The van der Waals surface area contributed by atoms with E-state index in [0.717, 1.165) is 35.0 Å². The van der Waals surface area contributed by atoms with E-state index >= 15 is 0 Å². The molecule has 2 aromatic carbocycles. The Bertz CT molecular complexity index is 1080. The summed E-state index contributed by atoms with van der Waals surface area (Å²) in [6.45, 7) is 10.7. The van der Waals surface area contributed by atoms with Crippen molar-refractivity contribution in [3.8, 4) is 0 Å². The molecule has 1 heterocycles. The van der Waals surface area contributed by atoms with Gasteiger partial charge in [-0.3, -0.25) is 0 Å². The molecule has 1 aromatic heterocycles. The average Bonchev–Trinajstić information content (AvgIpc) is 3.23. The van der Waals surface area contributed by atoms with Gasteiger partial charge in [0.25, 0.3) is 0 Å². The Hall–Kier alpha value is -2.00. The Morgan fingerprint density at radius 2 is 1.81 bits per heavy atom. The first-order valence-corrected chi connectivity index (χ1v) is 13.4. The number of aromatic nitrogens is 1. The molecular weight excluding hydrogens is 493 g/mol. The Kier molecular flexibility index (Phi) is 11.8. The molecule has 3 aromatic rings. The third-order valence-corrected chi connectivity index (χ3v) is 6.35. The summed E-state index contributed by atoms with van der Waals surface area (Å²) >= 11 is 5.99. The number of nitrogens with zero attached hydrogens (tertiary/aromatic N) is 1. The van der Waals surface area contributed by atoms with Crippen LogP contribution in [0, 0.1) is 5.82 Å². The first-order valence-electron chi connectivity index (χ1n) is 13.0. The van der Waals surface area contributed by atoms with Crippen LogP contribution in [0.4, 0.5) is 4.39 Å². The van der Waals surface area contributed by atoms with E-state index in [1.807, 2.05) is 36.5 Å². The van der Waals surface area contributed by atoms with Crippen molar-refractivity contribution in [3.63, 3.8) is 0 Å². The van der Waals surface area contributed by atoms with Gasteiger partial charge < -0.3 is 29.8 Å². The molecule has 0 aliphatic carbocycles. The van der Waals surface area contributed by atoms with Crippen LogP contribution in [0.3, 0.4) is 0 Å². The fourth-order valence-corrected chi connectivity index (χ4v) is 4.34. The minimum atomic E-state index is -0.246. The van der Waals surface area contributed by atoms with Crippen LogP contribution in [0.25, 0.3) is 10.9 Å². The zero-order chi connectivity index (χ0) is 26.7. The van der Waals surface area contributed by atoms with E-state index in [2.05, 4.69) is 36.0 Å². The summed E-state index contributed by atoms with van der Waals surface area (Å²) in [4.78, 5) is 0. The van der Waals surface area contributed by atoms with Crippen molar-refractivity contribution in [2.75, 3.05) is 39.5 Å². The van der Waals surface area contributed by atoms with Gasteiger partial charge in [-0.1, -0.05) is 23.7 Å². The van der Waals surface area contributed by atoms with Crippen LogP contribution in [-0.4, -0.2) is 60.8 Å². The molecule has 0 saturated carbocycles. The number of nitrogens with one attached hydrogen (secondary N) is 2. The van der Waals surface area contributed by atoms with E-state index in [1.165, 1.54) is 0 Å². The maximum Gasteiger partial charge on any atom is 0.125 e. The molecule has 0 fully saturated rings. The Balaban J connectivity index is 1.39. The van der Waals surface area contributed by atoms with Gasteiger partial charge in [-0.25, -0.2) is 4.39 Å². The third-order valence-electron chi connectivity index (χ3n) is 6.10. The average molecular weight is 534 g/mol. The van der Waals surface area contributed by atoms with E-state index in [1.54, 1.807) is 12.1 Å². The molecule has 8 heteroatoms. The number of fused-ring (bicyclic) bond motifs is 1. The smallest absolute Gasteiger partial charge is 0.125 e. The summed E-state index contributed by atoms with van der Waals surface area (Å²) in [7, 11) is 0. The summed E-state index contributed by atoms with van der Waals surface area (Å²) in [5.74, 6) is -0.246. The van der Waals surface area contributed by atoms with Gasteiger partial charge in [0.1, 0.15) is 5.82 Å². The molecule has 3 rings (SSSR count). The minimum Gasteiger partial charge on any atom is -0.396 e. The van der Waals surface area contributed by atoms with Crippen LogP contribution in [0.2, 0.25) is 5.02 Å². The maximum atomic E-state index is 14.4. The van der Waals surface area contributed by atoms with Crippen LogP contribution in [0.5, 0.6) is 0 Å². The Morgan fingerprint density at radius 1 is 1.03 bits per heavy atom. The van der Waals surface area contributed by atoms with Crippen molar-refractivity contribution in [3.05, 3.63) is 70.6 Å². The van der Waals surface area contributed by atoms with Crippen molar-refractivity contribution in [2.24, 2.45) is 0 Å². The molecule has 1 atom stereocenters. The standard InChI is InChI=1S/C29H41ClFN3O3/c1-29(2,3)33-11-8-26(10-14-35)37-17-16-36-15-12-32-20-23-18-25(31)19-28-27(23)9-13-34(28)21-22-4-6-24(30)7-5-22/h4-7,9,13,18-19,26,32-33,35H,8,10-12,14-17,20-21H2,1-3H3. The maximum absolute atomic E-state index is 14.4. The monoisotopic (exact) mass is 533 g/mol. The largest absolute Gasteiger partial charge is 0.396 e. The van der Waals surface area contributed by atoms with Gasteiger partial charge in [-0.05, 0) is 81.6 Å². The molecule has 0 saturated heterocycles. The summed E-state index contributed by atoms with van der Waals surface area (Å²) in [5.41, 5.74) is 2.97. The number of hydrogen-bond donors (Lipinski definition) is 3. The normalized spacial score (nSPS) is 12.9. The molecule has 0 spiro atoms. The molecule has 3 N–H and O–H groups in total. The van der Waals surface area contributed by atoms with Gasteiger partial charge >= 0.3 is 0 Å². The third kappa shape index (κ3) is 10.3. The van der Waals surface area contributed by atoms with Crippen molar-refractivity contribution < 1.29 is 19.0 Å². The molecule has 204 valence electrons. The molecule has 0 radical (unpaired) electrons. The number of benzene rings is 2. The highest BCUT2D eigenvalue weighted by Crippen LogP contribution is 2.23. The molecule has 0 amide bonds. The molecular formula is C29H41ClFN3O3. The van der Waals surface area contributed by atoms with Crippen molar-refractivity contribution in [2.45, 2.75) is 58.3 Å². The fourth-order valence-electron chi connectivity index (χ4n) is 4.21. The molecule has 37 heavy (non-hydrogen) atoms. The topological polar surface area (TPSA) is 67.7 Å². The highest BCUT2D eigenvalue weighted by Gasteiger charge is 2.13. The summed E-state index contributed by atoms with van der Waals surface area (Å²) < 4.78 is 28.0. The SMILES string of the molecule is CC(C)(C)NCCC(CCO)OCCOCCNCc1cc(F)cc2c1ccn2Cc1ccc(Cl)cc1. The predicted octanol–water partition coefficient (Wildman–Crippen LogP) is 5.13. The second-order valence-corrected chi connectivity index (χ2v) is 10.8.